The Balaban J connectivity index is 2.10. The first-order valence-electron chi connectivity index (χ1n) is 9.92. The van der Waals surface area contributed by atoms with Crippen molar-refractivity contribution < 1.29 is 29.3 Å². The smallest absolute Gasteiger partial charge is 0.338 e. The third-order valence-corrected chi connectivity index (χ3v) is 4.92. The zero-order chi connectivity index (χ0) is 22.7. The van der Waals surface area contributed by atoms with Gasteiger partial charge in [-0.05, 0) is 61.4 Å². The number of carbonyl (C=O) groups excluding carboxylic acids is 2. The van der Waals surface area contributed by atoms with E-state index >= 15 is 0 Å². The van der Waals surface area contributed by atoms with E-state index in [2.05, 4.69) is 0 Å². The van der Waals surface area contributed by atoms with E-state index in [0.717, 1.165) is 0 Å². The van der Waals surface area contributed by atoms with Crippen LogP contribution < -0.4 is 4.74 Å². The van der Waals surface area contributed by atoms with Gasteiger partial charge in [0.2, 0.25) is 5.88 Å². The average Bonchev–Trinajstić information content (AvgIpc) is 3.04. The van der Waals surface area contributed by atoms with Crippen LogP contribution in [0.4, 0.5) is 0 Å². The maximum absolute atomic E-state index is 13.2. The minimum absolute atomic E-state index is 0.0344. The SMILES string of the molecule is CCOC(=O)c1ccc(-n2c(O)c(O)c(C(=O)c3ccc(OC)cc3)c2C(C)C)cc1. The van der Waals surface area contributed by atoms with Gasteiger partial charge in [-0.3, -0.25) is 9.36 Å². The van der Waals surface area contributed by atoms with Gasteiger partial charge in [-0.15, -0.1) is 0 Å². The average molecular weight is 423 g/mol. The monoisotopic (exact) mass is 423 g/mol. The van der Waals surface area contributed by atoms with E-state index in [1.54, 1.807) is 55.5 Å². The van der Waals surface area contributed by atoms with Crippen LogP contribution in [0.2, 0.25) is 0 Å². The van der Waals surface area contributed by atoms with Crippen molar-refractivity contribution in [3.8, 4) is 23.1 Å². The molecule has 0 amide bonds. The van der Waals surface area contributed by atoms with Gasteiger partial charge in [-0.25, -0.2) is 4.79 Å². The predicted octanol–water partition coefficient (Wildman–Crippen LogP) is 4.43. The molecule has 31 heavy (non-hydrogen) atoms. The molecule has 0 aliphatic rings. The number of ketones is 1. The molecule has 0 saturated heterocycles. The number of nitrogens with zero attached hydrogens (tertiary/aromatic N) is 1. The first kappa shape index (κ1) is 22.0. The zero-order valence-corrected chi connectivity index (χ0v) is 17.9. The summed E-state index contributed by atoms with van der Waals surface area (Å²) in [4.78, 5) is 25.1. The summed E-state index contributed by atoms with van der Waals surface area (Å²) in [6.45, 7) is 5.72. The lowest BCUT2D eigenvalue weighted by Crippen LogP contribution is -2.10. The Labute approximate surface area is 180 Å². The molecule has 0 saturated carbocycles. The first-order chi connectivity index (χ1) is 14.8. The fourth-order valence-corrected chi connectivity index (χ4v) is 3.44. The standard InChI is InChI=1S/C24H25NO6/c1-5-31-24(29)16-6-10-17(11-7-16)25-20(14(2)3)19(22(27)23(25)28)21(26)15-8-12-18(30-4)13-9-15/h6-14,27-28H,5H2,1-4H3. The highest BCUT2D eigenvalue weighted by Crippen LogP contribution is 2.42. The van der Waals surface area contributed by atoms with Crippen molar-refractivity contribution in [2.24, 2.45) is 0 Å². The van der Waals surface area contributed by atoms with Crippen LogP contribution in [-0.2, 0) is 4.74 Å². The Morgan fingerprint density at radius 1 is 0.968 bits per heavy atom. The number of aromatic nitrogens is 1. The maximum Gasteiger partial charge on any atom is 0.338 e. The van der Waals surface area contributed by atoms with Gasteiger partial charge in [0.05, 0.1) is 24.8 Å². The van der Waals surface area contributed by atoms with Crippen LogP contribution in [0.5, 0.6) is 17.4 Å². The Kier molecular flexibility index (Phi) is 6.34. The van der Waals surface area contributed by atoms with Crippen molar-refractivity contribution in [3.63, 3.8) is 0 Å². The quantitative estimate of drug-likeness (QED) is 0.431. The van der Waals surface area contributed by atoms with Crippen molar-refractivity contribution in [1.29, 1.82) is 0 Å². The van der Waals surface area contributed by atoms with Crippen LogP contribution in [0.25, 0.3) is 5.69 Å². The van der Waals surface area contributed by atoms with Crippen molar-refractivity contribution in [2.45, 2.75) is 26.7 Å². The molecule has 0 spiro atoms. The highest BCUT2D eigenvalue weighted by atomic mass is 16.5. The molecule has 0 radical (unpaired) electrons. The largest absolute Gasteiger partial charge is 0.503 e. The van der Waals surface area contributed by atoms with Gasteiger partial charge in [-0.2, -0.15) is 0 Å². The van der Waals surface area contributed by atoms with E-state index in [9.17, 15) is 19.8 Å². The summed E-state index contributed by atoms with van der Waals surface area (Å²) in [5.74, 6) is -1.39. The molecule has 0 unspecified atom stereocenters. The Morgan fingerprint density at radius 3 is 2.06 bits per heavy atom. The number of rotatable bonds is 7. The van der Waals surface area contributed by atoms with Gasteiger partial charge < -0.3 is 19.7 Å². The van der Waals surface area contributed by atoms with Crippen LogP contribution >= 0.6 is 0 Å². The van der Waals surface area contributed by atoms with Crippen LogP contribution in [-0.4, -0.2) is 40.2 Å². The Morgan fingerprint density at radius 2 is 1.55 bits per heavy atom. The third-order valence-electron chi connectivity index (χ3n) is 4.92. The summed E-state index contributed by atoms with van der Waals surface area (Å²) in [7, 11) is 1.53. The molecule has 0 aliphatic heterocycles. The normalized spacial score (nSPS) is 10.9. The summed E-state index contributed by atoms with van der Waals surface area (Å²) in [6.07, 6.45) is 0. The van der Waals surface area contributed by atoms with Crippen molar-refractivity contribution in [3.05, 3.63) is 70.9 Å². The highest BCUT2D eigenvalue weighted by Gasteiger charge is 2.30. The van der Waals surface area contributed by atoms with Gasteiger partial charge in [-0.1, -0.05) is 13.8 Å². The molecule has 0 fully saturated rings. The zero-order valence-electron chi connectivity index (χ0n) is 17.9. The van der Waals surface area contributed by atoms with Crippen molar-refractivity contribution in [2.75, 3.05) is 13.7 Å². The molecule has 0 atom stereocenters. The molecule has 2 N–H and O–H groups in total. The van der Waals surface area contributed by atoms with E-state index < -0.39 is 23.4 Å². The molecule has 0 aliphatic carbocycles. The molecule has 3 rings (SSSR count). The van der Waals surface area contributed by atoms with Gasteiger partial charge in [0, 0.05) is 16.9 Å². The lowest BCUT2D eigenvalue weighted by Gasteiger charge is -2.15. The van der Waals surface area contributed by atoms with Crippen LogP contribution in [0.3, 0.4) is 0 Å². The number of hydrogen-bond donors (Lipinski definition) is 2. The number of benzene rings is 2. The van der Waals surface area contributed by atoms with Gasteiger partial charge >= 0.3 is 5.97 Å². The number of carbonyl (C=O) groups is 2. The molecule has 3 aromatic rings. The van der Waals surface area contributed by atoms with Gasteiger partial charge in [0.1, 0.15) is 5.75 Å². The first-order valence-corrected chi connectivity index (χ1v) is 9.92. The number of methoxy groups -OCH3 is 1. The minimum atomic E-state index is -0.487. The van der Waals surface area contributed by atoms with Crippen molar-refractivity contribution in [1.82, 2.24) is 4.57 Å². The van der Waals surface area contributed by atoms with Crippen LogP contribution in [0.15, 0.2) is 48.5 Å². The van der Waals surface area contributed by atoms with E-state index in [-0.39, 0.29) is 18.1 Å². The summed E-state index contributed by atoms with van der Waals surface area (Å²) in [5, 5.41) is 21.4. The molecule has 7 heteroatoms. The molecule has 162 valence electrons. The van der Waals surface area contributed by atoms with Gasteiger partial charge in [0.15, 0.2) is 11.5 Å². The van der Waals surface area contributed by atoms with Gasteiger partial charge in [0.25, 0.3) is 0 Å². The van der Waals surface area contributed by atoms with E-state index in [1.807, 2.05) is 13.8 Å². The number of esters is 1. The lowest BCUT2D eigenvalue weighted by atomic mass is 9.97. The lowest BCUT2D eigenvalue weighted by molar-refractivity contribution is 0.0526. The third kappa shape index (κ3) is 4.12. The second kappa shape index (κ2) is 8.95. The summed E-state index contributed by atoms with van der Waals surface area (Å²) in [5.41, 5.74) is 1.71. The van der Waals surface area contributed by atoms with E-state index in [1.165, 1.54) is 11.7 Å². The van der Waals surface area contributed by atoms with Crippen LogP contribution in [0, 0.1) is 0 Å². The summed E-state index contributed by atoms with van der Waals surface area (Å²) < 4.78 is 11.5. The Hall–Kier alpha value is -3.74. The second-order valence-electron chi connectivity index (χ2n) is 7.25. The second-order valence-corrected chi connectivity index (χ2v) is 7.25. The van der Waals surface area contributed by atoms with Crippen LogP contribution in [0.1, 0.15) is 58.7 Å². The van der Waals surface area contributed by atoms with E-state index in [4.69, 9.17) is 9.47 Å². The fourth-order valence-electron chi connectivity index (χ4n) is 3.44. The molecule has 2 aromatic carbocycles. The fraction of sp³-hybridized carbons (Fsp3) is 0.250. The number of aromatic hydroxyl groups is 2. The summed E-state index contributed by atoms with van der Waals surface area (Å²) in [6, 6.07) is 12.9. The number of ether oxygens (including phenoxy) is 2. The topological polar surface area (TPSA) is 98.0 Å². The molecule has 1 heterocycles. The minimum Gasteiger partial charge on any atom is -0.503 e. The van der Waals surface area contributed by atoms with Crippen molar-refractivity contribution >= 4 is 11.8 Å². The molecule has 0 bridgehead atoms. The summed E-state index contributed by atoms with van der Waals surface area (Å²) >= 11 is 0. The van der Waals surface area contributed by atoms with E-state index in [0.29, 0.717) is 28.3 Å². The Bertz CT molecular complexity index is 1090. The number of hydrogen-bond acceptors (Lipinski definition) is 6. The predicted molar refractivity (Wildman–Crippen MR) is 116 cm³/mol. The molecule has 7 nitrogen and oxygen atoms in total. The molecular weight excluding hydrogens is 398 g/mol. The maximum atomic E-state index is 13.2. The highest BCUT2D eigenvalue weighted by molar-refractivity contribution is 6.12. The molecule has 1 aromatic heterocycles. The molecular formula is C24H25NO6.